The molecule has 0 radical (unpaired) electrons. The second-order valence-corrected chi connectivity index (χ2v) is 7.34. The van der Waals surface area contributed by atoms with Gasteiger partial charge in [-0.15, -0.1) is 0 Å². The monoisotopic (exact) mass is 430 g/mol. The van der Waals surface area contributed by atoms with Gasteiger partial charge in [-0.2, -0.15) is 5.10 Å². The average molecular weight is 431 g/mol. The van der Waals surface area contributed by atoms with E-state index in [1.54, 1.807) is 30.4 Å². The van der Waals surface area contributed by atoms with Gasteiger partial charge in [0.1, 0.15) is 11.4 Å². The summed E-state index contributed by atoms with van der Waals surface area (Å²) < 4.78 is 0. The molecule has 164 valence electrons. The highest BCUT2D eigenvalue weighted by Gasteiger charge is 2.19. The third kappa shape index (κ3) is 6.18. The number of carbonyl (C=O) groups excluding carboxylic acids is 2. The Balaban J connectivity index is 1.79. The molecule has 1 aliphatic rings. The first-order valence-corrected chi connectivity index (χ1v) is 10.2. The third-order valence-corrected chi connectivity index (χ3v) is 4.88. The van der Waals surface area contributed by atoms with Crippen molar-refractivity contribution in [3.05, 3.63) is 89.2 Å². The summed E-state index contributed by atoms with van der Waals surface area (Å²) >= 11 is 0. The van der Waals surface area contributed by atoms with E-state index in [0.29, 0.717) is 12.0 Å². The van der Waals surface area contributed by atoms with Crippen LogP contribution in [0, 0.1) is 12.8 Å². The number of carbonyl (C=O) groups is 2. The zero-order chi connectivity index (χ0) is 22.9. The van der Waals surface area contributed by atoms with E-state index in [0.717, 1.165) is 16.8 Å². The minimum absolute atomic E-state index is 0.0550. The lowest BCUT2D eigenvalue weighted by atomic mass is 10.00. The quantitative estimate of drug-likeness (QED) is 0.307. The molecule has 3 rings (SSSR count). The molecule has 0 bridgehead atoms. The van der Waals surface area contributed by atoms with Crippen LogP contribution in [0.1, 0.15) is 23.1 Å². The molecule has 0 fully saturated rings. The van der Waals surface area contributed by atoms with Gasteiger partial charge in [-0.05, 0) is 49.2 Å². The molecule has 0 aliphatic heterocycles. The van der Waals surface area contributed by atoms with Crippen molar-refractivity contribution in [2.24, 2.45) is 11.0 Å². The highest BCUT2D eigenvalue weighted by Crippen LogP contribution is 2.16. The third-order valence-electron chi connectivity index (χ3n) is 4.88. The van der Waals surface area contributed by atoms with Gasteiger partial charge in [-0.1, -0.05) is 48.1 Å². The SMILES string of the molecule is CNc1ccc(/C=C(\NC(=O)C2C=CC=CC2)C(=O)N/N=C/c2cc(C)ccc2O)cc1. The van der Waals surface area contributed by atoms with Gasteiger partial charge in [0.15, 0.2) is 0 Å². The molecule has 2 aromatic carbocycles. The van der Waals surface area contributed by atoms with Crippen LogP contribution in [0.25, 0.3) is 6.08 Å². The number of anilines is 1. The Bertz CT molecular complexity index is 1100. The molecule has 2 amide bonds. The number of aromatic hydroxyl groups is 1. The Kier molecular flexibility index (Phi) is 7.59. The largest absolute Gasteiger partial charge is 0.507 e. The van der Waals surface area contributed by atoms with Crippen LogP contribution in [0.15, 0.2) is 77.6 Å². The van der Waals surface area contributed by atoms with Crippen LogP contribution < -0.4 is 16.1 Å². The molecule has 2 aromatic rings. The van der Waals surface area contributed by atoms with Crippen molar-refractivity contribution < 1.29 is 14.7 Å². The van der Waals surface area contributed by atoms with Crippen molar-refractivity contribution in [2.45, 2.75) is 13.3 Å². The van der Waals surface area contributed by atoms with E-state index in [4.69, 9.17) is 0 Å². The van der Waals surface area contributed by atoms with Crippen LogP contribution in [0.4, 0.5) is 5.69 Å². The second kappa shape index (κ2) is 10.8. The lowest BCUT2D eigenvalue weighted by molar-refractivity contribution is -0.125. The number of nitrogens with one attached hydrogen (secondary N) is 3. The van der Waals surface area contributed by atoms with Crippen LogP contribution in [0.3, 0.4) is 0 Å². The van der Waals surface area contributed by atoms with E-state index in [1.165, 1.54) is 6.21 Å². The normalized spacial score (nSPS) is 15.6. The van der Waals surface area contributed by atoms with Crippen LogP contribution in [-0.4, -0.2) is 30.2 Å². The average Bonchev–Trinajstić information content (AvgIpc) is 2.81. The minimum Gasteiger partial charge on any atom is -0.507 e. The van der Waals surface area contributed by atoms with Crippen molar-refractivity contribution in [1.82, 2.24) is 10.7 Å². The maximum atomic E-state index is 12.8. The highest BCUT2D eigenvalue weighted by molar-refractivity contribution is 6.02. The molecule has 7 nitrogen and oxygen atoms in total. The molecule has 1 aliphatic carbocycles. The Morgan fingerprint density at radius 3 is 2.59 bits per heavy atom. The Morgan fingerprint density at radius 1 is 1.12 bits per heavy atom. The topological polar surface area (TPSA) is 103 Å². The summed E-state index contributed by atoms with van der Waals surface area (Å²) in [4.78, 5) is 25.5. The van der Waals surface area contributed by atoms with Gasteiger partial charge in [0.2, 0.25) is 5.91 Å². The van der Waals surface area contributed by atoms with E-state index in [9.17, 15) is 14.7 Å². The Hall–Kier alpha value is -4.13. The van der Waals surface area contributed by atoms with Crippen LogP contribution in [0.5, 0.6) is 5.75 Å². The molecular weight excluding hydrogens is 404 g/mol. The standard InChI is InChI=1S/C25H26N4O3/c1-17-8-13-23(30)20(14-17)16-27-29-25(32)22(15-18-9-11-21(26-2)12-10-18)28-24(31)19-6-4-3-5-7-19/h3-6,8-16,19,26,30H,7H2,1-2H3,(H,28,31)(H,29,32)/b22-15-,27-16+. The fourth-order valence-electron chi connectivity index (χ4n) is 3.07. The molecule has 7 heteroatoms. The first kappa shape index (κ1) is 22.6. The number of nitrogens with zero attached hydrogens (tertiary/aromatic N) is 1. The number of phenols is 1. The van der Waals surface area contributed by atoms with Crippen LogP contribution >= 0.6 is 0 Å². The predicted molar refractivity (Wildman–Crippen MR) is 127 cm³/mol. The maximum Gasteiger partial charge on any atom is 0.287 e. The van der Waals surface area contributed by atoms with Crippen LogP contribution in [-0.2, 0) is 9.59 Å². The highest BCUT2D eigenvalue weighted by atomic mass is 16.3. The number of hydrogen-bond acceptors (Lipinski definition) is 5. The summed E-state index contributed by atoms with van der Waals surface area (Å²) in [6.45, 7) is 1.89. The number of allylic oxidation sites excluding steroid dienone is 3. The molecule has 0 spiro atoms. The molecule has 1 unspecified atom stereocenters. The zero-order valence-electron chi connectivity index (χ0n) is 18.0. The lowest BCUT2D eigenvalue weighted by Crippen LogP contribution is -2.36. The van der Waals surface area contributed by atoms with Gasteiger partial charge in [0, 0.05) is 18.3 Å². The summed E-state index contributed by atoms with van der Waals surface area (Å²) in [6, 6.07) is 12.5. The number of hydrogen-bond donors (Lipinski definition) is 4. The summed E-state index contributed by atoms with van der Waals surface area (Å²) in [5.74, 6) is -1.15. The van der Waals surface area contributed by atoms with Gasteiger partial charge in [0.25, 0.3) is 5.91 Å². The van der Waals surface area contributed by atoms with Gasteiger partial charge >= 0.3 is 0 Å². The Labute approximate surface area is 187 Å². The van der Waals surface area contributed by atoms with E-state index in [-0.39, 0.29) is 23.3 Å². The molecule has 4 N–H and O–H groups in total. The van der Waals surface area contributed by atoms with Gasteiger partial charge in [-0.25, -0.2) is 5.43 Å². The predicted octanol–water partition coefficient (Wildman–Crippen LogP) is 3.48. The lowest BCUT2D eigenvalue weighted by Gasteiger charge is -2.15. The molecule has 0 saturated heterocycles. The van der Waals surface area contributed by atoms with Crippen molar-refractivity contribution >= 4 is 29.8 Å². The molecule has 1 atom stereocenters. The van der Waals surface area contributed by atoms with Crippen molar-refractivity contribution in [1.29, 1.82) is 0 Å². The maximum absolute atomic E-state index is 12.8. The zero-order valence-corrected chi connectivity index (χ0v) is 18.0. The smallest absolute Gasteiger partial charge is 0.287 e. The van der Waals surface area contributed by atoms with Crippen LogP contribution in [0.2, 0.25) is 0 Å². The van der Waals surface area contributed by atoms with E-state index >= 15 is 0 Å². The Morgan fingerprint density at radius 2 is 1.91 bits per heavy atom. The van der Waals surface area contributed by atoms with E-state index in [2.05, 4.69) is 21.2 Å². The minimum atomic E-state index is -0.574. The molecule has 32 heavy (non-hydrogen) atoms. The number of hydrazone groups is 1. The molecular formula is C25H26N4O3. The van der Waals surface area contributed by atoms with Crippen molar-refractivity contribution in [3.8, 4) is 5.75 Å². The number of aryl methyl sites for hydroxylation is 1. The fraction of sp³-hybridized carbons (Fsp3) is 0.160. The van der Waals surface area contributed by atoms with Gasteiger partial charge in [0.05, 0.1) is 12.1 Å². The summed E-state index contributed by atoms with van der Waals surface area (Å²) in [6.07, 6.45) is 10.9. The summed E-state index contributed by atoms with van der Waals surface area (Å²) in [7, 11) is 1.82. The molecule has 0 heterocycles. The van der Waals surface area contributed by atoms with Gasteiger partial charge < -0.3 is 15.7 Å². The van der Waals surface area contributed by atoms with Gasteiger partial charge in [-0.3, -0.25) is 9.59 Å². The first-order valence-electron chi connectivity index (χ1n) is 10.2. The second-order valence-electron chi connectivity index (χ2n) is 7.34. The summed E-state index contributed by atoms with van der Waals surface area (Å²) in [5.41, 5.74) is 5.59. The number of rotatable bonds is 7. The van der Waals surface area contributed by atoms with Crippen molar-refractivity contribution in [2.75, 3.05) is 12.4 Å². The van der Waals surface area contributed by atoms with Crippen molar-refractivity contribution in [3.63, 3.8) is 0 Å². The molecule has 0 saturated carbocycles. The molecule has 0 aromatic heterocycles. The number of benzene rings is 2. The first-order chi connectivity index (χ1) is 15.5. The summed E-state index contributed by atoms with van der Waals surface area (Å²) in [5, 5.41) is 19.6. The van der Waals surface area contributed by atoms with E-state index in [1.807, 2.05) is 56.5 Å². The number of phenolic OH excluding ortho intramolecular Hbond substituents is 1. The van der Waals surface area contributed by atoms with E-state index < -0.39 is 5.91 Å². The fourth-order valence-corrected chi connectivity index (χ4v) is 3.07. The number of amides is 2.